The maximum absolute atomic E-state index is 12.1. The second kappa shape index (κ2) is 6.76. The first-order valence-electron chi connectivity index (χ1n) is 6.34. The standard InChI is InChI=1S/C14H13ClN2O4S/c1-2-21-11-5-3-10(4-6-11)14(18)17-22(19,20)12-7-8-13(15)16-9-12/h3-9H,2H2,1H3,(H,17,18). The monoisotopic (exact) mass is 340 g/mol. The van der Waals surface area contributed by atoms with E-state index in [0.29, 0.717) is 12.4 Å². The van der Waals surface area contributed by atoms with Crippen LogP contribution >= 0.6 is 11.6 Å². The molecule has 8 heteroatoms. The first-order valence-corrected chi connectivity index (χ1v) is 8.20. The number of nitrogens with zero attached hydrogens (tertiary/aromatic N) is 1. The Bertz CT molecular complexity index is 758. The molecule has 1 aromatic heterocycles. The third-order valence-corrected chi connectivity index (χ3v) is 4.20. The van der Waals surface area contributed by atoms with E-state index in [-0.39, 0.29) is 15.6 Å². The Labute approximate surface area is 133 Å². The first kappa shape index (κ1) is 16.3. The molecule has 1 aromatic carbocycles. The van der Waals surface area contributed by atoms with Crippen LogP contribution in [0.15, 0.2) is 47.5 Å². The van der Waals surface area contributed by atoms with Crippen LogP contribution in [0.4, 0.5) is 0 Å². The van der Waals surface area contributed by atoms with Gasteiger partial charge in [-0.25, -0.2) is 18.1 Å². The van der Waals surface area contributed by atoms with Crippen molar-refractivity contribution < 1.29 is 17.9 Å². The number of amides is 1. The number of aromatic nitrogens is 1. The minimum Gasteiger partial charge on any atom is -0.494 e. The summed E-state index contributed by atoms with van der Waals surface area (Å²) in [5.74, 6) is -0.137. The van der Waals surface area contributed by atoms with Crippen LogP contribution in [0.5, 0.6) is 5.75 Å². The molecule has 22 heavy (non-hydrogen) atoms. The molecule has 1 amide bonds. The van der Waals surface area contributed by atoms with Gasteiger partial charge in [0.1, 0.15) is 15.8 Å². The van der Waals surface area contributed by atoms with Crippen LogP contribution in [0.2, 0.25) is 5.15 Å². The molecule has 2 rings (SSSR count). The predicted molar refractivity (Wildman–Crippen MR) is 81.5 cm³/mol. The van der Waals surface area contributed by atoms with Crippen LogP contribution < -0.4 is 9.46 Å². The van der Waals surface area contributed by atoms with E-state index in [4.69, 9.17) is 16.3 Å². The molecule has 0 unspecified atom stereocenters. The molecule has 0 atom stereocenters. The summed E-state index contributed by atoms with van der Waals surface area (Å²) in [6.45, 7) is 2.34. The molecule has 0 fully saturated rings. The number of ether oxygens (including phenoxy) is 1. The molecular weight excluding hydrogens is 328 g/mol. The quantitative estimate of drug-likeness (QED) is 0.844. The van der Waals surface area contributed by atoms with E-state index in [1.165, 1.54) is 24.3 Å². The first-order chi connectivity index (χ1) is 10.4. The van der Waals surface area contributed by atoms with Crippen LogP contribution in [-0.4, -0.2) is 25.9 Å². The Hall–Kier alpha value is -2.12. The maximum atomic E-state index is 12.1. The van der Waals surface area contributed by atoms with Crippen LogP contribution in [0.1, 0.15) is 17.3 Å². The van der Waals surface area contributed by atoms with Gasteiger partial charge < -0.3 is 4.74 Å². The van der Waals surface area contributed by atoms with E-state index >= 15 is 0 Å². The molecule has 0 spiro atoms. The number of sulfonamides is 1. The normalized spacial score (nSPS) is 11.0. The summed E-state index contributed by atoms with van der Waals surface area (Å²) in [4.78, 5) is 15.5. The van der Waals surface area contributed by atoms with Crippen molar-refractivity contribution in [2.24, 2.45) is 0 Å². The van der Waals surface area contributed by atoms with Gasteiger partial charge in [0, 0.05) is 11.8 Å². The Morgan fingerprint density at radius 3 is 2.45 bits per heavy atom. The highest BCUT2D eigenvalue weighted by Crippen LogP contribution is 2.14. The lowest BCUT2D eigenvalue weighted by Crippen LogP contribution is -2.30. The molecule has 116 valence electrons. The highest BCUT2D eigenvalue weighted by atomic mass is 35.5. The minimum atomic E-state index is -4.00. The van der Waals surface area contributed by atoms with Crippen LogP contribution in [0.25, 0.3) is 0 Å². The topological polar surface area (TPSA) is 85.4 Å². The molecule has 6 nitrogen and oxygen atoms in total. The number of benzene rings is 1. The Morgan fingerprint density at radius 1 is 1.23 bits per heavy atom. The highest BCUT2D eigenvalue weighted by Gasteiger charge is 2.19. The number of rotatable bonds is 5. The summed E-state index contributed by atoms with van der Waals surface area (Å²) in [5.41, 5.74) is 0.203. The molecule has 0 radical (unpaired) electrons. The largest absolute Gasteiger partial charge is 0.494 e. The number of carbonyl (C=O) groups is 1. The Kier molecular flexibility index (Phi) is 4.99. The fourth-order valence-electron chi connectivity index (χ4n) is 1.63. The molecular formula is C14H13ClN2O4S. The number of halogens is 1. The Balaban J connectivity index is 2.15. The van der Waals surface area contributed by atoms with Crippen molar-refractivity contribution in [1.82, 2.24) is 9.71 Å². The zero-order valence-corrected chi connectivity index (χ0v) is 13.2. The van der Waals surface area contributed by atoms with Gasteiger partial charge in [0.05, 0.1) is 6.61 Å². The second-order valence-electron chi connectivity index (χ2n) is 4.21. The van der Waals surface area contributed by atoms with Crippen LogP contribution in [-0.2, 0) is 10.0 Å². The number of carbonyl (C=O) groups excluding carboxylic acids is 1. The van der Waals surface area contributed by atoms with E-state index in [1.54, 1.807) is 12.1 Å². The van der Waals surface area contributed by atoms with Crippen molar-refractivity contribution in [3.8, 4) is 5.75 Å². The van der Waals surface area contributed by atoms with Crippen molar-refractivity contribution in [2.75, 3.05) is 6.61 Å². The van der Waals surface area contributed by atoms with Crippen molar-refractivity contribution >= 4 is 27.5 Å². The molecule has 0 bridgehead atoms. The van der Waals surface area contributed by atoms with Gasteiger partial charge in [0.15, 0.2) is 0 Å². The second-order valence-corrected chi connectivity index (χ2v) is 6.28. The number of nitrogens with one attached hydrogen (secondary N) is 1. The fourth-order valence-corrected chi connectivity index (χ4v) is 2.66. The lowest BCUT2D eigenvalue weighted by Gasteiger charge is -2.07. The fraction of sp³-hybridized carbons (Fsp3) is 0.143. The molecule has 0 saturated carbocycles. The molecule has 0 aliphatic rings. The van der Waals surface area contributed by atoms with Crippen LogP contribution in [0.3, 0.4) is 0 Å². The van der Waals surface area contributed by atoms with Gasteiger partial charge in [-0.05, 0) is 43.3 Å². The summed E-state index contributed by atoms with van der Waals surface area (Å²) in [5, 5.41) is 0.164. The van der Waals surface area contributed by atoms with Crippen LogP contribution in [0, 0.1) is 0 Å². The molecule has 1 heterocycles. The van der Waals surface area contributed by atoms with Gasteiger partial charge in [0.25, 0.3) is 15.9 Å². The summed E-state index contributed by atoms with van der Waals surface area (Å²) in [6.07, 6.45) is 1.08. The summed E-state index contributed by atoms with van der Waals surface area (Å²) in [7, 11) is -4.00. The van der Waals surface area contributed by atoms with Crippen molar-refractivity contribution in [2.45, 2.75) is 11.8 Å². The van der Waals surface area contributed by atoms with E-state index in [0.717, 1.165) is 6.20 Å². The molecule has 0 aliphatic carbocycles. The molecule has 0 saturated heterocycles. The van der Waals surface area contributed by atoms with E-state index in [2.05, 4.69) is 4.98 Å². The van der Waals surface area contributed by atoms with Gasteiger partial charge in [-0.3, -0.25) is 4.79 Å². The van der Waals surface area contributed by atoms with Crippen molar-refractivity contribution in [3.05, 3.63) is 53.3 Å². The summed E-state index contributed by atoms with van der Waals surface area (Å²) in [6, 6.07) is 8.75. The smallest absolute Gasteiger partial charge is 0.265 e. The van der Waals surface area contributed by atoms with E-state index in [1.807, 2.05) is 11.6 Å². The van der Waals surface area contributed by atoms with Gasteiger partial charge in [0.2, 0.25) is 0 Å². The molecule has 0 aliphatic heterocycles. The third-order valence-electron chi connectivity index (χ3n) is 2.67. The maximum Gasteiger partial charge on any atom is 0.265 e. The minimum absolute atomic E-state index is 0.142. The highest BCUT2D eigenvalue weighted by molar-refractivity contribution is 7.90. The molecule has 1 N–H and O–H groups in total. The zero-order chi connectivity index (χ0) is 16.2. The SMILES string of the molecule is CCOc1ccc(C(=O)NS(=O)(=O)c2ccc(Cl)nc2)cc1. The van der Waals surface area contributed by atoms with Gasteiger partial charge in [-0.1, -0.05) is 11.6 Å². The number of hydrogen-bond acceptors (Lipinski definition) is 5. The Morgan fingerprint density at radius 2 is 1.91 bits per heavy atom. The van der Waals surface area contributed by atoms with Gasteiger partial charge >= 0.3 is 0 Å². The van der Waals surface area contributed by atoms with Gasteiger partial charge in [-0.15, -0.1) is 0 Å². The van der Waals surface area contributed by atoms with Crippen molar-refractivity contribution in [1.29, 1.82) is 0 Å². The van der Waals surface area contributed by atoms with Gasteiger partial charge in [-0.2, -0.15) is 0 Å². The lowest BCUT2D eigenvalue weighted by atomic mass is 10.2. The zero-order valence-electron chi connectivity index (χ0n) is 11.6. The lowest BCUT2D eigenvalue weighted by molar-refractivity contribution is 0.0981. The summed E-state index contributed by atoms with van der Waals surface area (Å²) < 4.78 is 31.3. The number of pyridine rings is 1. The molecule has 2 aromatic rings. The average Bonchev–Trinajstić information content (AvgIpc) is 2.48. The van der Waals surface area contributed by atoms with E-state index < -0.39 is 15.9 Å². The summed E-state index contributed by atoms with van der Waals surface area (Å²) >= 11 is 5.60. The van der Waals surface area contributed by atoms with Crippen molar-refractivity contribution in [3.63, 3.8) is 0 Å². The number of hydrogen-bond donors (Lipinski definition) is 1. The third kappa shape index (κ3) is 3.96. The van der Waals surface area contributed by atoms with E-state index in [9.17, 15) is 13.2 Å². The predicted octanol–water partition coefficient (Wildman–Crippen LogP) is 2.25. The average molecular weight is 341 g/mol.